The van der Waals surface area contributed by atoms with Gasteiger partial charge in [0.2, 0.25) is 0 Å². The van der Waals surface area contributed by atoms with Gasteiger partial charge in [-0.1, -0.05) is 38.2 Å². The van der Waals surface area contributed by atoms with E-state index in [1.54, 1.807) is 10.4 Å². The Labute approximate surface area is 159 Å². The number of rotatable bonds is 2. The number of nitrogens with zero attached hydrogens (tertiary/aromatic N) is 1. The van der Waals surface area contributed by atoms with Crippen molar-refractivity contribution in [3.63, 3.8) is 0 Å². The molecule has 0 radical (unpaired) electrons. The quantitative estimate of drug-likeness (QED) is 0.466. The molecule has 0 unspecified atom stereocenters. The number of hydrogen-bond donors (Lipinski definition) is 0. The summed E-state index contributed by atoms with van der Waals surface area (Å²) in [6.45, 7) is 7.19. The van der Waals surface area contributed by atoms with Crippen LogP contribution in [0.2, 0.25) is 13.1 Å². The van der Waals surface area contributed by atoms with Gasteiger partial charge >= 0.3 is 26.2 Å². The predicted octanol–water partition coefficient (Wildman–Crippen LogP) is -1.97. The Hall–Kier alpha value is 0.0500. The van der Waals surface area contributed by atoms with Crippen molar-refractivity contribution in [1.29, 1.82) is 0 Å². The number of hydrogen-bond acceptors (Lipinski definition) is 1. The average molecular weight is 414 g/mol. The third kappa shape index (κ3) is 2.32. The normalized spacial score (nSPS) is 22.5. The van der Waals surface area contributed by atoms with Crippen molar-refractivity contribution in [2.45, 2.75) is 32.9 Å². The molecule has 0 aromatic rings. The van der Waals surface area contributed by atoms with Crippen LogP contribution in [-0.4, -0.2) is 13.8 Å². The molecule has 2 heterocycles. The van der Waals surface area contributed by atoms with Crippen LogP contribution in [0.5, 0.6) is 0 Å². The summed E-state index contributed by atoms with van der Waals surface area (Å²) in [6.07, 6.45) is 11.2. The largest absolute Gasteiger partial charge is 2.00 e. The van der Waals surface area contributed by atoms with Crippen LogP contribution in [0.15, 0.2) is 62.1 Å². The summed E-state index contributed by atoms with van der Waals surface area (Å²) in [4.78, 5) is 4.86. The fourth-order valence-corrected chi connectivity index (χ4v) is 7.45. The molecule has 0 aromatic carbocycles. The van der Waals surface area contributed by atoms with E-state index < -0.39 is 8.07 Å². The van der Waals surface area contributed by atoms with Gasteiger partial charge < -0.3 is 24.8 Å². The van der Waals surface area contributed by atoms with Crippen LogP contribution in [0.4, 0.5) is 0 Å². The molecule has 5 heteroatoms. The van der Waals surface area contributed by atoms with Crippen molar-refractivity contribution in [1.82, 2.24) is 0 Å². The maximum Gasteiger partial charge on any atom is 2.00 e. The third-order valence-corrected chi connectivity index (χ3v) is 8.11. The van der Waals surface area contributed by atoms with Gasteiger partial charge in [-0.2, -0.15) is 0 Å². The van der Waals surface area contributed by atoms with Gasteiger partial charge in [0.15, 0.2) is 0 Å². The smallest absolute Gasteiger partial charge is 1.00 e. The van der Waals surface area contributed by atoms with Gasteiger partial charge in [0.05, 0.1) is 5.70 Å². The number of allylic oxidation sites excluding steroid dienone is 8. The minimum absolute atomic E-state index is 0. The van der Waals surface area contributed by atoms with Crippen LogP contribution in [0.25, 0.3) is 0 Å². The molecule has 0 atom stereocenters. The Kier molecular flexibility index (Phi) is 5.71. The second-order valence-electron chi connectivity index (χ2n) is 5.93. The summed E-state index contributed by atoms with van der Waals surface area (Å²) in [5.74, 6) is 0. The van der Waals surface area contributed by atoms with Crippen molar-refractivity contribution < 1.29 is 51.0 Å². The fourth-order valence-electron chi connectivity index (χ4n) is 3.77. The molecule has 0 saturated carbocycles. The number of aliphatic imine (C=N–C) groups is 1. The molecule has 108 valence electrons. The molecule has 0 N–H and O–H groups in total. The minimum atomic E-state index is -1.38. The van der Waals surface area contributed by atoms with E-state index in [1.165, 1.54) is 28.1 Å². The first-order chi connectivity index (χ1) is 8.64. The molecule has 0 bridgehead atoms. The summed E-state index contributed by atoms with van der Waals surface area (Å²) in [6, 6.07) is 0. The van der Waals surface area contributed by atoms with Gasteiger partial charge in [-0.25, -0.2) is 0 Å². The first-order valence-corrected chi connectivity index (χ1v) is 9.80. The molecule has 21 heavy (non-hydrogen) atoms. The Morgan fingerprint density at radius 1 is 1.19 bits per heavy atom. The Balaban J connectivity index is 0.000000735. The zero-order chi connectivity index (χ0) is 12.5. The van der Waals surface area contributed by atoms with E-state index in [1.807, 2.05) is 0 Å². The van der Waals surface area contributed by atoms with Crippen LogP contribution >= 0.6 is 0 Å². The maximum atomic E-state index is 4.86. The molecular formula is C16H17Cl2NSiZr. The van der Waals surface area contributed by atoms with Crippen LogP contribution in [0.1, 0.15) is 19.8 Å². The topological polar surface area (TPSA) is 12.4 Å². The van der Waals surface area contributed by atoms with E-state index >= 15 is 0 Å². The molecule has 0 saturated heterocycles. The van der Waals surface area contributed by atoms with E-state index in [0.717, 1.165) is 12.8 Å². The molecule has 1 nitrogen and oxygen atoms in total. The maximum absolute atomic E-state index is 4.86. The van der Waals surface area contributed by atoms with Gasteiger partial charge in [0.1, 0.15) is 8.07 Å². The fraction of sp³-hybridized carbons (Fsp3) is 0.312. The molecule has 2 aliphatic heterocycles. The monoisotopic (exact) mass is 411 g/mol. The molecule has 2 aliphatic carbocycles. The van der Waals surface area contributed by atoms with Gasteiger partial charge in [-0.05, 0) is 40.5 Å². The van der Waals surface area contributed by atoms with E-state index in [2.05, 4.69) is 44.3 Å². The third-order valence-electron chi connectivity index (χ3n) is 4.55. The second-order valence-corrected chi connectivity index (χ2v) is 10.2. The molecule has 0 amide bonds. The summed E-state index contributed by atoms with van der Waals surface area (Å²) < 4.78 is 0. The van der Waals surface area contributed by atoms with Gasteiger partial charge in [0, 0.05) is 11.3 Å². The van der Waals surface area contributed by atoms with Crippen molar-refractivity contribution in [2.75, 3.05) is 0 Å². The first-order valence-electron chi connectivity index (χ1n) is 6.80. The van der Waals surface area contributed by atoms with E-state index in [0.29, 0.717) is 0 Å². The zero-order valence-electron chi connectivity index (χ0n) is 12.4. The van der Waals surface area contributed by atoms with Crippen molar-refractivity contribution in [2.24, 2.45) is 4.99 Å². The van der Waals surface area contributed by atoms with Gasteiger partial charge in [0.25, 0.3) is 0 Å². The molecule has 4 rings (SSSR count). The SMILES string of the molecule is CCC1=NC2=CC(C3=CC=CC3)=C3C2=C1[Si]3(C)C.[Cl-].[Cl-].[Zr+2]. The van der Waals surface area contributed by atoms with Crippen molar-refractivity contribution >= 4 is 13.8 Å². The number of halogens is 2. The molecule has 4 aliphatic rings. The summed E-state index contributed by atoms with van der Waals surface area (Å²) in [7, 11) is -1.38. The van der Waals surface area contributed by atoms with Crippen LogP contribution in [-0.2, 0) is 26.2 Å². The summed E-state index contributed by atoms with van der Waals surface area (Å²) in [5, 5.41) is 3.32. The average Bonchev–Trinajstić information content (AvgIpc) is 2.99. The minimum Gasteiger partial charge on any atom is -1.00 e. The summed E-state index contributed by atoms with van der Waals surface area (Å²) >= 11 is 0. The van der Waals surface area contributed by atoms with Gasteiger partial charge in [-0.15, -0.1) is 0 Å². The Morgan fingerprint density at radius 2 is 1.90 bits per heavy atom. The molecule has 0 fully saturated rings. The van der Waals surface area contributed by atoms with Crippen LogP contribution in [0.3, 0.4) is 0 Å². The van der Waals surface area contributed by atoms with E-state index in [-0.39, 0.29) is 51.0 Å². The molecular weight excluding hydrogens is 396 g/mol. The predicted molar refractivity (Wildman–Crippen MR) is 79.2 cm³/mol. The first kappa shape index (κ1) is 19.1. The standard InChI is InChI=1S/C16H17NSi.2ClH.Zr/c1-4-12-16-14-13(17-12)9-11(10-7-5-6-8-10)15(14)18(16,2)3;;;/h5-7,9H,4,8H2,1-3H3;2*1H;/q;;;+2/p-2. The second kappa shape index (κ2) is 6.28. The van der Waals surface area contributed by atoms with E-state index in [4.69, 9.17) is 4.99 Å². The zero-order valence-corrected chi connectivity index (χ0v) is 17.4. The van der Waals surface area contributed by atoms with Crippen LogP contribution in [0, 0.1) is 0 Å². The van der Waals surface area contributed by atoms with Crippen LogP contribution < -0.4 is 24.8 Å². The Morgan fingerprint density at radius 3 is 2.48 bits per heavy atom. The molecule has 0 spiro atoms. The van der Waals surface area contributed by atoms with E-state index in [9.17, 15) is 0 Å². The Bertz CT molecular complexity index is 678. The van der Waals surface area contributed by atoms with Crippen molar-refractivity contribution in [3.8, 4) is 0 Å². The van der Waals surface area contributed by atoms with Crippen molar-refractivity contribution in [3.05, 3.63) is 57.1 Å². The summed E-state index contributed by atoms with van der Waals surface area (Å²) in [5.41, 5.74) is 7.14. The van der Waals surface area contributed by atoms with Gasteiger partial charge in [-0.3, -0.25) is 4.99 Å². The molecule has 0 aromatic heterocycles.